The zero-order chi connectivity index (χ0) is 19.9. The molecule has 4 rings (SSSR count). The van der Waals surface area contributed by atoms with Crippen molar-refractivity contribution in [3.05, 3.63) is 66.2 Å². The molecule has 0 bridgehead atoms. The number of rotatable bonds is 7. The van der Waals surface area contributed by atoms with E-state index in [-0.39, 0.29) is 30.0 Å². The van der Waals surface area contributed by atoms with Crippen molar-refractivity contribution in [2.75, 3.05) is 26.7 Å². The molecule has 0 saturated carbocycles. The molecule has 1 aliphatic rings. The molecule has 0 radical (unpaired) electrons. The van der Waals surface area contributed by atoms with Crippen molar-refractivity contribution in [1.29, 1.82) is 0 Å². The lowest BCUT2D eigenvalue weighted by atomic mass is 10.2. The summed E-state index contributed by atoms with van der Waals surface area (Å²) in [5.41, 5.74) is 1.84. The molecular formula is C22H28IN5O2. The molecule has 1 aliphatic heterocycles. The predicted molar refractivity (Wildman–Crippen MR) is 128 cm³/mol. The van der Waals surface area contributed by atoms with Gasteiger partial charge in [0.25, 0.3) is 0 Å². The third kappa shape index (κ3) is 5.63. The Kier molecular flexibility index (Phi) is 8.32. The van der Waals surface area contributed by atoms with Crippen LogP contribution in [-0.2, 0) is 6.54 Å². The lowest BCUT2D eigenvalue weighted by Gasteiger charge is -2.26. The third-order valence-electron chi connectivity index (χ3n) is 5.19. The number of hydrogen-bond acceptors (Lipinski definition) is 5. The van der Waals surface area contributed by atoms with Crippen LogP contribution in [0.1, 0.15) is 30.3 Å². The van der Waals surface area contributed by atoms with Crippen LogP contribution in [0.2, 0.25) is 0 Å². The largest absolute Gasteiger partial charge is 0.468 e. The van der Waals surface area contributed by atoms with E-state index in [9.17, 15) is 0 Å². The van der Waals surface area contributed by atoms with E-state index in [4.69, 9.17) is 8.94 Å². The summed E-state index contributed by atoms with van der Waals surface area (Å²) in [6.45, 7) is 3.45. The van der Waals surface area contributed by atoms with Gasteiger partial charge in [0.1, 0.15) is 11.5 Å². The minimum Gasteiger partial charge on any atom is -0.468 e. The Hall–Kier alpha value is -2.33. The second-order valence-electron chi connectivity index (χ2n) is 7.13. The highest BCUT2D eigenvalue weighted by Crippen LogP contribution is 2.25. The summed E-state index contributed by atoms with van der Waals surface area (Å²) >= 11 is 0. The quantitative estimate of drug-likeness (QED) is 0.278. The van der Waals surface area contributed by atoms with Gasteiger partial charge in [0, 0.05) is 25.2 Å². The van der Waals surface area contributed by atoms with Crippen LogP contribution in [0.15, 0.2) is 68.7 Å². The zero-order valence-corrected chi connectivity index (χ0v) is 19.4. The maximum absolute atomic E-state index is 5.68. The molecule has 1 saturated heterocycles. The van der Waals surface area contributed by atoms with Gasteiger partial charge in [-0.3, -0.25) is 9.89 Å². The highest BCUT2D eigenvalue weighted by atomic mass is 127. The summed E-state index contributed by atoms with van der Waals surface area (Å²) in [6.07, 6.45) is 4.21. The van der Waals surface area contributed by atoms with Gasteiger partial charge >= 0.3 is 0 Å². The summed E-state index contributed by atoms with van der Waals surface area (Å²) in [7, 11) is 1.77. The van der Waals surface area contributed by atoms with Gasteiger partial charge in [-0.1, -0.05) is 35.5 Å². The number of benzene rings is 1. The molecule has 30 heavy (non-hydrogen) atoms. The normalized spacial score (nSPS) is 15.6. The van der Waals surface area contributed by atoms with E-state index in [0.29, 0.717) is 6.54 Å². The molecule has 2 aromatic heterocycles. The molecule has 3 heterocycles. The lowest BCUT2D eigenvalue weighted by molar-refractivity contribution is 0.215. The topological polar surface area (TPSA) is 78.8 Å². The smallest absolute Gasteiger partial charge is 0.191 e. The van der Waals surface area contributed by atoms with Crippen molar-refractivity contribution in [2.45, 2.75) is 25.4 Å². The predicted octanol–water partition coefficient (Wildman–Crippen LogP) is 4.05. The molecular weight excluding hydrogens is 493 g/mol. The Balaban J connectivity index is 0.00000256. The third-order valence-corrected chi connectivity index (χ3v) is 5.19. The van der Waals surface area contributed by atoms with E-state index in [1.54, 1.807) is 13.3 Å². The second kappa shape index (κ2) is 11.2. The number of likely N-dealkylation sites (tertiary alicyclic amines) is 1. The molecule has 160 valence electrons. The summed E-state index contributed by atoms with van der Waals surface area (Å²) < 4.78 is 11.1. The number of halogens is 1. The minimum atomic E-state index is 0. The molecule has 0 aliphatic carbocycles. The average molecular weight is 521 g/mol. The van der Waals surface area contributed by atoms with Crippen LogP contribution in [0, 0.1) is 0 Å². The van der Waals surface area contributed by atoms with E-state index in [1.807, 2.05) is 48.5 Å². The Labute approximate surface area is 193 Å². The van der Waals surface area contributed by atoms with Gasteiger partial charge < -0.3 is 19.6 Å². The maximum Gasteiger partial charge on any atom is 0.191 e. The number of nitrogens with zero attached hydrogens (tertiary/aromatic N) is 3. The molecule has 8 heteroatoms. The van der Waals surface area contributed by atoms with E-state index >= 15 is 0 Å². The highest BCUT2D eigenvalue weighted by molar-refractivity contribution is 14.0. The first kappa shape index (κ1) is 22.4. The summed E-state index contributed by atoms with van der Waals surface area (Å²) in [6, 6.07) is 16.1. The van der Waals surface area contributed by atoms with Crippen molar-refractivity contribution in [3.63, 3.8) is 0 Å². The van der Waals surface area contributed by atoms with Crippen molar-refractivity contribution in [1.82, 2.24) is 20.7 Å². The molecule has 1 atom stereocenters. The Morgan fingerprint density at radius 1 is 1.13 bits per heavy atom. The van der Waals surface area contributed by atoms with Gasteiger partial charge in [-0.05, 0) is 38.1 Å². The fourth-order valence-corrected chi connectivity index (χ4v) is 3.67. The van der Waals surface area contributed by atoms with Crippen LogP contribution in [0.3, 0.4) is 0 Å². The van der Waals surface area contributed by atoms with Crippen LogP contribution in [0.4, 0.5) is 0 Å². The molecule has 1 unspecified atom stereocenters. The Morgan fingerprint density at radius 3 is 2.63 bits per heavy atom. The zero-order valence-electron chi connectivity index (χ0n) is 17.1. The van der Waals surface area contributed by atoms with Crippen molar-refractivity contribution in [2.24, 2.45) is 4.99 Å². The van der Waals surface area contributed by atoms with Gasteiger partial charge in [-0.15, -0.1) is 24.0 Å². The molecule has 1 fully saturated rings. The minimum absolute atomic E-state index is 0. The van der Waals surface area contributed by atoms with Crippen molar-refractivity contribution >= 4 is 29.9 Å². The number of nitrogens with one attached hydrogen (secondary N) is 2. The summed E-state index contributed by atoms with van der Waals surface area (Å²) in [4.78, 5) is 6.80. The van der Waals surface area contributed by atoms with E-state index < -0.39 is 0 Å². The van der Waals surface area contributed by atoms with E-state index in [1.165, 1.54) is 12.8 Å². The first-order valence-electron chi connectivity index (χ1n) is 10.1. The van der Waals surface area contributed by atoms with Gasteiger partial charge in [0.15, 0.2) is 11.7 Å². The van der Waals surface area contributed by atoms with Crippen LogP contribution in [-0.4, -0.2) is 42.7 Å². The number of guanidine groups is 1. The van der Waals surface area contributed by atoms with E-state index in [2.05, 4.69) is 25.7 Å². The molecule has 3 aromatic rings. The first-order valence-corrected chi connectivity index (χ1v) is 10.1. The Bertz CT molecular complexity index is 905. The molecule has 2 N–H and O–H groups in total. The SMILES string of the molecule is CN=C(NCc1cc(-c2ccccc2)on1)NCC(c1ccco1)N1CCCC1.I. The second-order valence-corrected chi connectivity index (χ2v) is 7.13. The molecule has 0 spiro atoms. The van der Waals surface area contributed by atoms with E-state index in [0.717, 1.165) is 48.4 Å². The molecule has 7 nitrogen and oxygen atoms in total. The molecule has 0 amide bonds. The number of aliphatic imine (C=N–C) groups is 1. The molecule has 1 aromatic carbocycles. The van der Waals surface area contributed by atoms with Gasteiger partial charge in [-0.2, -0.15) is 0 Å². The monoisotopic (exact) mass is 521 g/mol. The van der Waals surface area contributed by atoms with Crippen molar-refractivity contribution in [3.8, 4) is 11.3 Å². The van der Waals surface area contributed by atoms with Crippen LogP contribution in [0.5, 0.6) is 0 Å². The Morgan fingerprint density at radius 2 is 1.93 bits per heavy atom. The highest BCUT2D eigenvalue weighted by Gasteiger charge is 2.25. The fourth-order valence-electron chi connectivity index (χ4n) is 3.67. The van der Waals surface area contributed by atoms with Crippen LogP contribution in [0.25, 0.3) is 11.3 Å². The standard InChI is InChI=1S/C22H27N5O2.HI/c1-23-22(24-15-18-14-21(29-26-18)17-8-3-2-4-9-17)25-16-19(20-10-7-13-28-20)27-11-5-6-12-27;/h2-4,7-10,13-14,19H,5-6,11-12,15-16H2,1H3,(H2,23,24,25);1H. The number of furan rings is 1. The van der Waals surface area contributed by atoms with Crippen LogP contribution < -0.4 is 10.6 Å². The van der Waals surface area contributed by atoms with Crippen molar-refractivity contribution < 1.29 is 8.94 Å². The summed E-state index contributed by atoms with van der Waals surface area (Å²) in [5.74, 6) is 2.47. The number of aromatic nitrogens is 1. The maximum atomic E-state index is 5.68. The summed E-state index contributed by atoms with van der Waals surface area (Å²) in [5, 5.41) is 10.9. The first-order chi connectivity index (χ1) is 14.3. The van der Waals surface area contributed by atoms with Gasteiger partial charge in [-0.25, -0.2) is 0 Å². The van der Waals surface area contributed by atoms with Crippen LogP contribution >= 0.6 is 24.0 Å². The van der Waals surface area contributed by atoms with Gasteiger partial charge in [0.05, 0.1) is 18.8 Å². The number of hydrogen-bond donors (Lipinski definition) is 2. The van der Waals surface area contributed by atoms with Gasteiger partial charge in [0.2, 0.25) is 0 Å². The average Bonchev–Trinajstić information content (AvgIpc) is 3.54. The fraction of sp³-hybridized carbons (Fsp3) is 0.364. The lowest BCUT2D eigenvalue weighted by Crippen LogP contribution is -2.42.